The summed E-state index contributed by atoms with van der Waals surface area (Å²) in [6, 6.07) is 0. The molecule has 0 aliphatic carbocycles. The molecule has 0 radical (unpaired) electrons. The summed E-state index contributed by atoms with van der Waals surface area (Å²) in [5.41, 5.74) is 2.46. The lowest BCUT2D eigenvalue weighted by atomic mass is 9.98. The maximum atomic E-state index is 9.49. The van der Waals surface area contributed by atoms with Crippen molar-refractivity contribution in [2.75, 3.05) is 6.54 Å². The molecule has 0 bridgehead atoms. The first-order valence-corrected chi connectivity index (χ1v) is 4.29. The highest BCUT2D eigenvalue weighted by molar-refractivity contribution is 5.14. The molecule has 2 heteroatoms. The summed E-state index contributed by atoms with van der Waals surface area (Å²) in [5, 5.41) is 10.9. The summed E-state index contributed by atoms with van der Waals surface area (Å²) in [6.07, 6.45) is 2.23. The largest absolute Gasteiger partial charge is 0.289 e. The predicted octanol–water partition coefficient (Wildman–Crippen LogP) is 2.40. The lowest BCUT2D eigenvalue weighted by molar-refractivity contribution is -0.0704. The second-order valence-electron chi connectivity index (χ2n) is 3.55. The van der Waals surface area contributed by atoms with E-state index in [1.54, 1.807) is 0 Å². The van der Waals surface area contributed by atoms with E-state index in [0.29, 0.717) is 5.92 Å². The van der Waals surface area contributed by atoms with Crippen LogP contribution in [0.3, 0.4) is 0 Å². The number of hydrogen-bond donors (Lipinski definition) is 1. The van der Waals surface area contributed by atoms with Crippen LogP contribution >= 0.6 is 0 Å². The molecule has 0 amide bonds. The minimum Gasteiger partial charge on any atom is -0.289 e. The van der Waals surface area contributed by atoms with Gasteiger partial charge in [0.25, 0.3) is 0 Å². The first-order chi connectivity index (χ1) is 5.13. The quantitative estimate of drug-likeness (QED) is 0.628. The fourth-order valence-electron chi connectivity index (χ4n) is 1.75. The van der Waals surface area contributed by atoms with Gasteiger partial charge in [-0.15, -0.1) is 0 Å². The standard InChI is InChI=1S/C9H17NO/c1-7(2)9-8(3)5-4-6-10(9)11/h7,11H,4-6H2,1-3H3. The minimum absolute atomic E-state index is 0.445. The molecule has 0 spiro atoms. The topological polar surface area (TPSA) is 23.5 Å². The SMILES string of the molecule is CC1=C(C(C)C)N(O)CCC1. The van der Waals surface area contributed by atoms with Gasteiger partial charge in [-0.05, 0) is 25.7 Å². The van der Waals surface area contributed by atoms with Crippen molar-refractivity contribution in [3.63, 3.8) is 0 Å². The molecule has 1 rings (SSSR count). The van der Waals surface area contributed by atoms with E-state index in [4.69, 9.17) is 0 Å². The van der Waals surface area contributed by atoms with Gasteiger partial charge in [0, 0.05) is 12.2 Å². The van der Waals surface area contributed by atoms with Crippen LogP contribution in [0.5, 0.6) is 0 Å². The van der Waals surface area contributed by atoms with Crippen molar-refractivity contribution < 1.29 is 5.21 Å². The zero-order chi connectivity index (χ0) is 8.43. The third-order valence-corrected chi connectivity index (χ3v) is 2.18. The first-order valence-electron chi connectivity index (χ1n) is 4.29. The zero-order valence-electron chi connectivity index (χ0n) is 7.59. The van der Waals surface area contributed by atoms with Crippen LogP contribution < -0.4 is 0 Å². The Hall–Kier alpha value is -0.500. The number of nitrogens with zero attached hydrogens (tertiary/aromatic N) is 1. The summed E-state index contributed by atoms with van der Waals surface area (Å²) in [5.74, 6) is 0.445. The van der Waals surface area contributed by atoms with Gasteiger partial charge in [-0.2, -0.15) is 0 Å². The van der Waals surface area contributed by atoms with Crippen LogP contribution in [0, 0.1) is 5.92 Å². The molecular weight excluding hydrogens is 138 g/mol. The van der Waals surface area contributed by atoms with E-state index in [9.17, 15) is 5.21 Å². The Morgan fingerprint density at radius 3 is 2.45 bits per heavy atom. The molecule has 0 aromatic carbocycles. The Bertz CT molecular complexity index is 172. The van der Waals surface area contributed by atoms with Gasteiger partial charge in [-0.1, -0.05) is 19.4 Å². The van der Waals surface area contributed by atoms with E-state index in [-0.39, 0.29) is 0 Å². The van der Waals surface area contributed by atoms with Gasteiger partial charge in [-0.25, -0.2) is 0 Å². The number of hydrogen-bond acceptors (Lipinski definition) is 2. The van der Waals surface area contributed by atoms with Crippen LogP contribution in [0.15, 0.2) is 11.3 Å². The van der Waals surface area contributed by atoms with Crippen molar-refractivity contribution in [1.29, 1.82) is 0 Å². The second kappa shape index (κ2) is 3.26. The van der Waals surface area contributed by atoms with Gasteiger partial charge in [0.15, 0.2) is 0 Å². The van der Waals surface area contributed by atoms with Crippen LogP contribution in [-0.4, -0.2) is 16.8 Å². The van der Waals surface area contributed by atoms with Crippen LogP contribution in [-0.2, 0) is 0 Å². The Morgan fingerprint density at radius 1 is 1.45 bits per heavy atom. The van der Waals surface area contributed by atoms with Crippen molar-refractivity contribution in [2.45, 2.75) is 33.6 Å². The maximum Gasteiger partial charge on any atom is 0.0452 e. The molecule has 0 unspecified atom stereocenters. The molecule has 0 aromatic heterocycles. The van der Waals surface area contributed by atoms with Gasteiger partial charge in [0.05, 0.1) is 0 Å². The average molecular weight is 155 g/mol. The van der Waals surface area contributed by atoms with E-state index in [0.717, 1.165) is 25.1 Å². The minimum atomic E-state index is 0.445. The lowest BCUT2D eigenvalue weighted by Crippen LogP contribution is -2.27. The summed E-state index contributed by atoms with van der Waals surface area (Å²) >= 11 is 0. The molecule has 0 saturated heterocycles. The third-order valence-electron chi connectivity index (χ3n) is 2.18. The molecule has 0 atom stereocenters. The molecule has 1 N–H and O–H groups in total. The number of rotatable bonds is 1. The summed E-state index contributed by atoms with van der Waals surface area (Å²) in [7, 11) is 0. The van der Waals surface area contributed by atoms with Gasteiger partial charge in [0.2, 0.25) is 0 Å². The molecule has 0 saturated carbocycles. The molecule has 0 aromatic rings. The molecular formula is C9H17NO. The van der Waals surface area contributed by atoms with Crippen molar-refractivity contribution in [2.24, 2.45) is 5.92 Å². The van der Waals surface area contributed by atoms with E-state index >= 15 is 0 Å². The van der Waals surface area contributed by atoms with Crippen molar-refractivity contribution in [3.8, 4) is 0 Å². The highest BCUT2D eigenvalue weighted by Crippen LogP contribution is 2.25. The molecule has 11 heavy (non-hydrogen) atoms. The monoisotopic (exact) mass is 155 g/mol. The Kier molecular flexibility index (Phi) is 2.55. The number of allylic oxidation sites excluding steroid dienone is 2. The molecule has 1 heterocycles. The normalized spacial score (nSPS) is 19.9. The lowest BCUT2D eigenvalue weighted by Gasteiger charge is -2.29. The highest BCUT2D eigenvalue weighted by atomic mass is 16.5. The Morgan fingerprint density at radius 2 is 2.09 bits per heavy atom. The second-order valence-corrected chi connectivity index (χ2v) is 3.55. The van der Waals surface area contributed by atoms with E-state index in [1.807, 2.05) is 0 Å². The fourth-order valence-corrected chi connectivity index (χ4v) is 1.75. The summed E-state index contributed by atoms with van der Waals surface area (Å²) in [4.78, 5) is 0. The van der Waals surface area contributed by atoms with Gasteiger partial charge in [0.1, 0.15) is 0 Å². The van der Waals surface area contributed by atoms with E-state index in [1.165, 1.54) is 10.6 Å². The smallest absolute Gasteiger partial charge is 0.0452 e. The van der Waals surface area contributed by atoms with Crippen LogP contribution in [0.2, 0.25) is 0 Å². The first kappa shape index (κ1) is 8.60. The van der Waals surface area contributed by atoms with Crippen LogP contribution in [0.25, 0.3) is 0 Å². The van der Waals surface area contributed by atoms with Crippen LogP contribution in [0.4, 0.5) is 0 Å². The molecule has 2 nitrogen and oxygen atoms in total. The van der Waals surface area contributed by atoms with E-state index < -0.39 is 0 Å². The summed E-state index contributed by atoms with van der Waals surface area (Å²) < 4.78 is 0. The zero-order valence-corrected chi connectivity index (χ0v) is 7.59. The third kappa shape index (κ3) is 1.74. The van der Waals surface area contributed by atoms with Gasteiger partial charge < -0.3 is 0 Å². The number of hydroxylamine groups is 2. The molecule has 0 fully saturated rings. The average Bonchev–Trinajstić information content (AvgIpc) is 1.85. The Labute approximate surface area is 68.5 Å². The van der Waals surface area contributed by atoms with Gasteiger partial charge in [-0.3, -0.25) is 10.3 Å². The maximum absolute atomic E-state index is 9.49. The van der Waals surface area contributed by atoms with Gasteiger partial charge >= 0.3 is 0 Å². The molecule has 1 aliphatic heterocycles. The van der Waals surface area contributed by atoms with Crippen molar-refractivity contribution in [3.05, 3.63) is 11.3 Å². The Balaban J connectivity index is 2.82. The molecule has 1 aliphatic rings. The molecule has 64 valence electrons. The highest BCUT2D eigenvalue weighted by Gasteiger charge is 2.17. The van der Waals surface area contributed by atoms with Crippen molar-refractivity contribution >= 4 is 0 Å². The summed E-state index contributed by atoms with van der Waals surface area (Å²) in [6.45, 7) is 7.14. The van der Waals surface area contributed by atoms with Crippen LogP contribution in [0.1, 0.15) is 33.6 Å². The fraction of sp³-hybridized carbons (Fsp3) is 0.778. The van der Waals surface area contributed by atoms with E-state index in [2.05, 4.69) is 20.8 Å². The van der Waals surface area contributed by atoms with Crippen molar-refractivity contribution in [1.82, 2.24) is 5.06 Å². The predicted molar refractivity (Wildman–Crippen MR) is 45.3 cm³/mol.